The second-order valence-corrected chi connectivity index (χ2v) is 5.08. The van der Waals surface area contributed by atoms with Gasteiger partial charge in [-0.15, -0.1) is 0 Å². The Labute approximate surface area is 107 Å². The number of carbonyl (C=O) groups is 2. The molecule has 0 aliphatic heterocycles. The van der Waals surface area contributed by atoms with Gasteiger partial charge in [-0.2, -0.15) is 11.8 Å². The zero-order valence-electron chi connectivity index (χ0n) is 10.6. The van der Waals surface area contributed by atoms with E-state index in [0.29, 0.717) is 12.3 Å². The molecule has 0 fully saturated rings. The minimum atomic E-state index is -0.406. The first-order chi connectivity index (χ1) is 8.06. The highest BCUT2D eigenvalue weighted by Gasteiger charge is 2.06. The first-order valence-electron chi connectivity index (χ1n) is 5.97. The number of urea groups is 1. The smallest absolute Gasteiger partial charge is 0.321 e. The highest BCUT2D eigenvalue weighted by molar-refractivity contribution is 7.99. The van der Waals surface area contributed by atoms with E-state index in [-0.39, 0.29) is 11.9 Å². The number of thioether (sulfide) groups is 1. The summed E-state index contributed by atoms with van der Waals surface area (Å²) in [6.45, 7) is 4.58. The molecule has 0 saturated heterocycles. The second-order valence-electron chi connectivity index (χ2n) is 3.98. The minimum Gasteiger partial charge on any atom is -0.338 e. The number of nitrogens with one attached hydrogen (secondary N) is 2. The molecule has 6 heteroatoms. The summed E-state index contributed by atoms with van der Waals surface area (Å²) in [7, 11) is 0. The third-order valence-corrected chi connectivity index (χ3v) is 3.01. The number of rotatable bonds is 8. The number of carbonyl (C=O) groups excluding carboxylic acids is 2. The maximum absolute atomic E-state index is 11.3. The summed E-state index contributed by atoms with van der Waals surface area (Å²) >= 11 is 1.49. The number of nitrogens with two attached hydrogens (primary N) is 1. The fourth-order valence-electron chi connectivity index (χ4n) is 1.02. The number of imide groups is 1. The molecule has 1 atom stereocenters. The van der Waals surface area contributed by atoms with Gasteiger partial charge in [0, 0.05) is 12.6 Å². The van der Waals surface area contributed by atoms with Gasteiger partial charge in [0.05, 0.1) is 5.75 Å². The molecule has 0 bridgehead atoms. The minimum absolute atomic E-state index is 0.155. The van der Waals surface area contributed by atoms with Crippen molar-refractivity contribution in [2.75, 3.05) is 18.1 Å². The Balaban J connectivity index is 3.47. The normalized spacial score (nSPS) is 11.9. The zero-order valence-corrected chi connectivity index (χ0v) is 11.4. The summed E-state index contributed by atoms with van der Waals surface area (Å²) in [5, 5.41) is 4.91. The fourth-order valence-corrected chi connectivity index (χ4v) is 1.96. The summed E-state index contributed by atoms with van der Waals surface area (Å²) in [5.74, 6) is 0.880. The van der Waals surface area contributed by atoms with Crippen LogP contribution in [0.15, 0.2) is 0 Å². The average Bonchev–Trinajstić information content (AvgIpc) is 2.24. The first kappa shape index (κ1) is 16.2. The number of unbranched alkanes of at least 4 members (excludes halogenated alkanes) is 1. The molecular weight excluding hydrogens is 238 g/mol. The first-order valence-corrected chi connectivity index (χ1v) is 7.12. The van der Waals surface area contributed by atoms with E-state index >= 15 is 0 Å². The molecule has 4 N–H and O–H groups in total. The van der Waals surface area contributed by atoms with Crippen LogP contribution in [-0.4, -0.2) is 36.0 Å². The van der Waals surface area contributed by atoms with Crippen molar-refractivity contribution >= 4 is 23.7 Å². The van der Waals surface area contributed by atoms with Crippen molar-refractivity contribution in [2.24, 2.45) is 5.73 Å². The van der Waals surface area contributed by atoms with Crippen molar-refractivity contribution in [3.63, 3.8) is 0 Å². The molecule has 0 aromatic rings. The summed E-state index contributed by atoms with van der Waals surface area (Å²) in [4.78, 5) is 22.5. The largest absolute Gasteiger partial charge is 0.338 e. The average molecular weight is 261 g/mol. The lowest BCUT2D eigenvalue weighted by molar-refractivity contribution is -0.117. The van der Waals surface area contributed by atoms with Crippen LogP contribution >= 0.6 is 11.8 Å². The van der Waals surface area contributed by atoms with Gasteiger partial charge in [-0.05, 0) is 25.5 Å². The van der Waals surface area contributed by atoms with E-state index in [0.717, 1.165) is 25.0 Å². The third-order valence-electron chi connectivity index (χ3n) is 2.02. The summed E-state index contributed by atoms with van der Waals surface area (Å²) in [6.07, 6.45) is 2.81. The molecule has 0 rings (SSSR count). The van der Waals surface area contributed by atoms with Gasteiger partial charge in [0.25, 0.3) is 0 Å². The summed E-state index contributed by atoms with van der Waals surface area (Å²) < 4.78 is 0. The second kappa shape index (κ2) is 10.4. The van der Waals surface area contributed by atoms with Crippen molar-refractivity contribution in [1.29, 1.82) is 0 Å². The standard InChI is InChI=1S/C11H23N3O2S/c1-3-4-6-13-11(16)14-10(15)8-17-7-5-9(2)12/h9H,3-8,12H2,1-2H3,(H2,13,14,15,16). The Morgan fingerprint density at radius 2 is 2.12 bits per heavy atom. The van der Waals surface area contributed by atoms with E-state index in [2.05, 4.69) is 10.6 Å². The summed E-state index contributed by atoms with van der Waals surface area (Å²) in [5.41, 5.74) is 5.58. The molecule has 0 aromatic carbocycles. The topological polar surface area (TPSA) is 84.2 Å². The lowest BCUT2D eigenvalue weighted by Crippen LogP contribution is -2.40. The molecule has 5 nitrogen and oxygen atoms in total. The zero-order chi connectivity index (χ0) is 13.1. The number of hydrogen-bond donors (Lipinski definition) is 3. The van der Waals surface area contributed by atoms with E-state index in [1.807, 2.05) is 13.8 Å². The van der Waals surface area contributed by atoms with Crippen LogP contribution in [0.5, 0.6) is 0 Å². The van der Waals surface area contributed by atoms with Crippen molar-refractivity contribution < 1.29 is 9.59 Å². The van der Waals surface area contributed by atoms with Gasteiger partial charge in [0.1, 0.15) is 0 Å². The molecule has 0 spiro atoms. The van der Waals surface area contributed by atoms with Crippen LogP contribution < -0.4 is 16.4 Å². The number of amides is 3. The number of hydrogen-bond acceptors (Lipinski definition) is 4. The van der Waals surface area contributed by atoms with Crippen LogP contribution in [0, 0.1) is 0 Å². The van der Waals surface area contributed by atoms with Gasteiger partial charge < -0.3 is 11.1 Å². The monoisotopic (exact) mass is 261 g/mol. The molecule has 1 unspecified atom stereocenters. The van der Waals surface area contributed by atoms with Crippen LogP contribution in [-0.2, 0) is 4.79 Å². The van der Waals surface area contributed by atoms with E-state index in [1.165, 1.54) is 11.8 Å². The highest BCUT2D eigenvalue weighted by Crippen LogP contribution is 2.03. The Morgan fingerprint density at radius 3 is 2.71 bits per heavy atom. The van der Waals surface area contributed by atoms with Gasteiger partial charge in [0.15, 0.2) is 0 Å². The van der Waals surface area contributed by atoms with Crippen LogP contribution in [0.4, 0.5) is 4.79 Å². The van der Waals surface area contributed by atoms with Crippen LogP contribution in [0.2, 0.25) is 0 Å². The van der Waals surface area contributed by atoms with Crippen LogP contribution in [0.1, 0.15) is 33.1 Å². The SMILES string of the molecule is CCCCNC(=O)NC(=O)CSCCC(C)N. The van der Waals surface area contributed by atoms with Crippen LogP contribution in [0.25, 0.3) is 0 Å². The molecule has 17 heavy (non-hydrogen) atoms. The maximum Gasteiger partial charge on any atom is 0.321 e. The van der Waals surface area contributed by atoms with Gasteiger partial charge >= 0.3 is 6.03 Å². The molecule has 0 radical (unpaired) electrons. The molecule has 0 saturated carbocycles. The predicted octanol–water partition coefficient (Wildman–Crippen LogP) is 1.08. The van der Waals surface area contributed by atoms with Gasteiger partial charge in [-0.3, -0.25) is 10.1 Å². The Hall–Kier alpha value is -0.750. The van der Waals surface area contributed by atoms with Gasteiger partial charge in [-0.25, -0.2) is 4.79 Å². The van der Waals surface area contributed by atoms with Crippen molar-refractivity contribution in [3.8, 4) is 0 Å². The molecule has 0 aliphatic carbocycles. The predicted molar refractivity (Wildman–Crippen MR) is 72.0 cm³/mol. The van der Waals surface area contributed by atoms with E-state index < -0.39 is 6.03 Å². The molecule has 0 aliphatic rings. The molecule has 100 valence electrons. The molecule has 0 heterocycles. The quantitative estimate of drug-likeness (QED) is 0.571. The lowest BCUT2D eigenvalue weighted by atomic mass is 10.3. The Morgan fingerprint density at radius 1 is 1.41 bits per heavy atom. The maximum atomic E-state index is 11.3. The fraction of sp³-hybridized carbons (Fsp3) is 0.818. The van der Waals surface area contributed by atoms with E-state index in [1.54, 1.807) is 0 Å². The Bertz CT molecular complexity index is 235. The van der Waals surface area contributed by atoms with Crippen molar-refractivity contribution in [1.82, 2.24) is 10.6 Å². The van der Waals surface area contributed by atoms with E-state index in [4.69, 9.17) is 5.73 Å². The van der Waals surface area contributed by atoms with Crippen molar-refractivity contribution in [3.05, 3.63) is 0 Å². The molecule has 0 aromatic heterocycles. The molecular formula is C11H23N3O2S. The molecule has 3 amide bonds. The lowest BCUT2D eigenvalue weighted by Gasteiger charge is -2.06. The highest BCUT2D eigenvalue weighted by atomic mass is 32.2. The van der Waals surface area contributed by atoms with Gasteiger partial charge in [-0.1, -0.05) is 13.3 Å². The van der Waals surface area contributed by atoms with Crippen molar-refractivity contribution in [2.45, 2.75) is 39.2 Å². The van der Waals surface area contributed by atoms with E-state index in [9.17, 15) is 9.59 Å². The van der Waals surface area contributed by atoms with Crippen LogP contribution in [0.3, 0.4) is 0 Å². The Kier molecular flexibility index (Phi) is 9.95. The third kappa shape index (κ3) is 11.5. The summed E-state index contributed by atoms with van der Waals surface area (Å²) in [6, 6.07) is -0.251. The van der Waals surface area contributed by atoms with Gasteiger partial charge in [0.2, 0.25) is 5.91 Å².